The monoisotopic (exact) mass is 541 g/mol. The number of anilines is 1. The average molecular weight is 541 g/mol. The van der Waals surface area contributed by atoms with E-state index in [9.17, 15) is 9.59 Å². The van der Waals surface area contributed by atoms with Crippen molar-refractivity contribution in [3.8, 4) is 0 Å². The fourth-order valence-corrected chi connectivity index (χ4v) is 4.69. The number of piperidine rings is 1. The van der Waals surface area contributed by atoms with Gasteiger partial charge in [0, 0.05) is 41.5 Å². The van der Waals surface area contributed by atoms with E-state index in [0.29, 0.717) is 11.7 Å². The van der Waals surface area contributed by atoms with Crippen molar-refractivity contribution in [2.45, 2.75) is 45.7 Å². The van der Waals surface area contributed by atoms with E-state index in [1.54, 1.807) is 0 Å². The molecule has 1 aromatic rings. The Labute approximate surface area is 200 Å². The molecule has 0 spiro atoms. The maximum Gasteiger partial charge on any atom is 0.319 e. The Balaban J connectivity index is 1.56. The highest BCUT2D eigenvalue weighted by molar-refractivity contribution is 14.1. The number of nitrogens with one attached hydrogen (secondary N) is 2. The fourth-order valence-electron chi connectivity index (χ4n) is 4.33. The standard InChI is InChI=1S/C23H36IN5O2/c1-23(2,3)20(26-22(31)25-18-7-5-17(24)6-8-18)21(30)29-15-13-28(14-16-29)19-9-11-27(4)12-10-19/h5-8,19-20H,9-16H2,1-4H3,(H2,25,26,31)/t20-/m0/s1. The number of carbonyl (C=O) groups excluding carboxylic acids is 2. The van der Waals surface area contributed by atoms with Gasteiger partial charge in [0.25, 0.3) is 0 Å². The minimum Gasteiger partial charge on any atom is -0.338 e. The van der Waals surface area contributed by atoms with E-state index in [-0.39, 0.29) is 17.4 Å². The van der Waals surface area contributed by atoms with Crippen LogP contribution in [-0.2, 0) is 4.79 Å². The van der Waals surface area contributed by atoms with Crippen LogP contribution in [0.2, 0.25) is 0 Å². The Kier molecular flexibility index (Phi) is 8.20. The second kappa shape index (κ2) is 10.5. The lowest BCUT2D eigenvalue weighted by Crippen LogP contribution is -2.60. The van der Waals surface area contributed by atoms with Crippen LogP contribution in [-0.4, -0.2) is 85.0 Å². The van der Waals surface area contributed by atoms with Gasteiger partial charge in [-0.05, 0) is 85.3 Å². The molecule has 0 unspecified atom stereocenters. The topological polar surface area (TPSA) is 67.9 Å². The summed E-state index contributed by atoms with van der Waals surface area (Å²) in [6.07, 6.45) is 2.41. The summed E-state index contributed by atoms with van der Waals surface area (Å²) in [7, 11) is 2.18. The highest BCUT2D eigenvalue weighted by atomic mass is 127. The number of rotatable bonds is 4. The SMILES string of the molecule is CN1CCC(N2CCN(C(=O)[C@H](NC(=O)Nc3ccc(I)cc3)C(C)(C)C)CC2)CC1. The van der Waals surface area contributed by atoms with Gasteiger partial charge in [0.15, 0.2) is 0 Å². The van der Waals surface area contributed by atoms with Gasteiger partial charge in [0.2, 0.25) is 5.91 Å². The summed E-state index contributed by atoms with van der Waals surface area (Å²) >= 11 is 2.23. The molecule has 2 saturated heterocycles. The molecule has 8 heteroatoms. The smallest absolute Gasteiger partial charge is 0.319 e. The highest BCUT2D eigenvalue weighted by Gasteiger charge is 2.37. The van der Waals surface area contributed by atoms with Gasteiger partial charge in [0.1, 0.15) is 6.04 Å². The van der Waals surface area contributed by atoms with E-state index < -0.39 is 6.04 Å². The summed E-state index contributed by atoms with van der Waals surface area (Å²) in [5.74, 6) is 0.00767. The first-order valence-electron chi connectivity index (χ1n) is 11.2. The first kappa shape index (κ1) is 24.3. The molecule has 1 aromatic carbocycles. The van der Waals surface area contributed by atoms with Crippen LogP contribution < -0.4 is 10.6 Å². The molecule has 2 heterocycles. The van der Waals surface area contributed by atoms with Crippen molar-refractivity contribution in [2.24, 2.45) is 5.41 Å². The molecule has 0 aliphatic carbocycles. The van der Waals surface area contributed by atoms with Gasteiger partial charge in [0.05, 0.1) is 0 Å². The van der Waals surface area contributed by atoms with Crippen LogP contribution in [0.25, 0.3) is 0 Å². The lowest BCUT2D eigenvalue weighted by molar-refractivity contribution is -0.138. The Morgan fingerprint density at radius 3 is 2.13 bits per heavy atom. The molecule has 0 aromatic heterocycles. The molecule has 3 amide bonds. The van der Waals surface area contributed by atoms with Crippen molar-refractivity contribution in [3.63, 3.8) is 0 Å². The van der Waals surface area contributed by atoms with E-state index in [1.807, 2.05) is 49.9 Å². The minimum absolute atomic E-state index is 0.00767. The maximum atomic E-state index is 13.4. The second-order valence-electron chi connectivity index (χ2n) is 9.80. The van der Waals surface area contributed by atoms with Gasteiger partial charge < -0.3 is 20.4 Å². The van der Waals surface area contributed by atoms with Crippen molar-refractivity contribution in [2.75, 3.05) is 51.6 Å². The lowest BCUT2D eigenvalue weighted by Gasteiger charge is -2.43. The van der Waals surface area contributed by atoms with E-state index in [1.165, 1.54) is 12.8 Å². The van der Waals surface area contributed by atoms with Crippen LogP contribution in [0.5, 0.6) is 0 Å². The third kappa shape index (κ3) is 6.79. The molecule has 172 valence electrons. The van der Waals surface area contributed by atoms with Gasteiger partial charge >= 0.3 is 6.03 Å². The summed E-state index contributed by atoms with van der Waals surface area (Å²) in [5.41, 5.74) is 0.329. The first-order valence-corrected chi connectivity index (χ1v) is 12.3. The number of urea groups is 1. The summed E-state index contributed by atoms with van der Waals surface area (Å²) in [5, 5.41) is 5.78. The molecule has 2 fully saturated rings. The van der Waals surface area contributed by atoms with Crippen molar-refractivity contribution in [1.29, 1.82) is 0 Å². The largest absolute Gasteiger partial charge is 0.338 e. The molecule has 3 rings (SSSR count). The molecule has 7 nitrogen and oxygen atoms in total. The molecule has 2 aliphatic heterocycles. The van der Waals surface area contributed by atoms with Crippen molar-refractivity contribution in [3.05, 3.63) is 27.8 Å². The summed E-state index contributed by atoms with van der Waals surface area (Å²) in [6, 6.07) is 7.30. The number of nitrogens with zero attached hydrogens (tertiary/aromatic N) is 3. The van der Waals surface area contributed by atoms with E-state index >= 15 is 0 Å². The third-order valence-corrected chi connectivity index (χ3v) is 7.04. The lowest BCUT2D eigenvalue weighted by atomic mass is 9.85. The van der Waals surface area contributed by atoms with Crippen molar-refractivity contribution in [1.82, 2.24) is 20.0 Å². The van der Waals surface area contributed by atoms with Gasteiger partial charge in [-0.25, -0.2) is 4.79 Å². The highest BCUT2D eigenvalue weighted by Crippen LogP contribution is 2.23. The maximum absolute atomic E-state index is 13.4. The Hall–Kier alpha value is -1.39. The quantitative estimate of drug-likeness (QED) is 0.576. The molecule has 0 bridgehead atoms. The zero-order chi connectivity index (χ0) is 22.6. The molecule has 2 aliphatic rings. The average Bonchev–Trinajstić information content (AvgIpc) is 2.73. The van der Waals surface area contributed by atoms with Crippen LogP contribution >= 0.6 is 22.6 Å². The number of piperazine rings is 1. The zero-order valence-electron chi connectivity index (χ0n) is 19.2. The molecular weight excluding hydrogens is 505 g/mol. The second-order valence-corrected chi connectivity index (χ2v) is 11.0. The van der Waals surface area contributed by atoms with Crippen LogP contribution in [0.3, 0.4) is 0 Å². The molecule has 2 N–H and O–H groups in total. The normalized spacial score (nSPS) is 20.4. The number of carbonyl (C=O) groups is 2. The third-order valence-electron chi connectivity index (χ3n) is 6.32. The molecule has 1 atom stereocenters. The number of amides is 3. The number of halogens is 1. The Morgan fingerprint density at radius 1 is 1.00 bits per heavy atom. The number of benzene rings is 1. The van der Waals surface area contributed by atoms with Crippen LogP contribution in [0.1, 0.15) is 33.6 Å². The predicted molar refractivity (Wildman–Crippen MR) is 133 cm³/mol. The molecule has 31 heavy (non-hydrogen) atoms. The van der Waals surface area contributed by atoms with E-state index in [2.05, 4.69) is 50.1 Å². The van der Waals surface area contributed by atoms with Gasteiger partial charge in [-0.1, -0.05) is 20.8 Å². The van der Waals surface area contributed by atoms with Crippen molar-refractivity contribution >= 4 is 40.2 Å². The van der Waals surface area contributed by atoms with Gasteiger partial charge in [-0.15, -0.1) is 0 Å². The van der Waals surface area contributed by atoms with E-state index in [0.717, 1.165) is 42.8 Å². The summed E-state index contributed by atoms with van der Waals surface area (Å²) < 4.78 is 1.10. The van der Waals surface area contributed by atoms with Crippen LogP contribution in [0.15, 0.2) is 24.3 Å². The Morgan fingerprint density at radius 2 is 1.58 bits per heavy atom. The Bertz CT molecular complexity index is 748. The molecule has 0 radical (unpaired) electrons. The number of hydrogen-bond acceptors (Lipinski definition) is 4. The van der Waals surface area contributed by atoms with Crippen molar-refractivity contribution < 1.29 is 9.59 Å². The molecule has 0 saturated carbocycles. The fraction of sp³-hybridized carbons (Fsp3) is 0.652. The predicted octanol–water partition coefficient (Wildman–Crippen LogP) is 3.07. The van der Waals surface area contributed by atoms with Crippen LogP contribution in [0, 0.1) is 8.99 Å². The number of likely N-dealkylation sites (tertiary alicyclic amines) is 1. The summed E-state index contributed by atoms with van der Waals surface area (Å²) in [4.78, 5) is 32.8. The zero-order valence-corrected chi connectivity index (χ0v) is 21.3. The summed E-state index contributed by atoms with van der Waals surface area (Å²) in [6.45, 7) is 11.5. The van der Waals surface area contributed by atoms with E-state index in [4.69, 9.17) is 0 Å². The first-order chi connectivity index (χ1) is 14.6. The minimum atomic E-state index is -0.578. The van der Waals surface area contributed by atoms with Crippen LogP contribution in [0.4, 0.5) is 10.5 Å². The van der Waals surface area contributed by atoms with Gasteiger partial charge in [-0.2, -0.15) is 0 Å². The molecular formula is C23H36IN5O2. The number of hydrogen-bond donors (Lipinski definition) is 2. The van der Waals surface area contributed by atoms with Gasteiger partial charge in [-0.3, -0.25) is 9.69 Å².